The third-order valence-electron chi connectivity index (χ3n) is 3.80. The fourth-order valence-corrected chi connectivity index (χ4v) is 4.10. The van der Waals surface area contributed by atoms with Crippen LogP contribution in [0, 0.1) is 12.8 Å². The van der Waals surface area contributed by atoms with Gasteiger partial charge in [-0.2, -0.15) is 4.31 Å². The summed E-state index contributed by atoms with van der Waals surface area (Å²) in [5.41, 5.74) is 0.577. The summed E-state index contributed by atoms with van der Waals surface area (Å²) in [6.07, 6.45) is 1.69. The quantitative estimate of drug-likeness (QED) is 0.927. The summed E-state index contributed by atoms with van der Waals surface area (Å²) in [6.45, 7) is 4.80. The van der Waals surface area contributed by atoms with Crippen LogP contribution in [-0.2, 0) is 10.0 Å². The molecule has 1 heterocycles. The van der Waals surface area contributed by atoms with Crippen LogP contribution >= 0.6 is 0 Å². The molecule has 1 aromatic carbocycles. The van der Waals surface area contributed by atoms with Gasteiger partial charge in [-0.3, -0.25) is 0 Å². The number of piperidine rings is 1. The fraction of sp³-hybridized carbons (Fsp3) is 0.500. The first-order valence-corrected chi connectivity index (χ1v) is 8.10. The van der Waals surface area contributed by atoms with Gasteiger partial charge < -0.3 is 5.11 Å². The summed E-state index contributed by atoms with van der Waals surface area (Å²) >= 11 is 0. The highest BCUT2D eigenvalue weighted by molar-refractivity contribution is 7.89. The van der Waals surface area contributed by atoms with Crippen LogP contribution in [-0.4, -0.2) is 36.9 Å². The maximum atomic E-state index is 12.6. The highest BCUT2D eigenvalue weighted by atomic mass is 32.2. The molecule has 0 saturated carbocycles. The van der Waals surface area contributed by atoms with E-state index in [1.807, 2.05) is 0 Å². The molecule has 0 bridgehead atoms. The van der Waals surface area contributed by atoms with E-state index in [1.165, 1.54) is 16.4 Å². The first-order chi connectivity index (χ1) is 9.32. The minimum Gasteiger partial charge on any atom is -0.478 e. The second-order valence-corrected chi connectivity index (χ2v) is 7.28. The third-order valence-corrected chi connectivity index (χ3v) is 5.84. The zero-order chi connectivity index (χ0) is 14.9. The van der Waals surface area contributed by atoms with E-state index >= 15 is 0 Å². The number of nitrogens with zero attached hydrogens (tertiary/aromatic N) is 1. The molecule has 0 aromatic heterocycles. The van der Waals surface area contributed by atoms with Crippen molar-refractivity contribution in [2.24, 2.45) is 5.92 Å². The number of benzene rings is 1. The van der Waals surface area contributed by atoms with Gasteiger partial charge in [0.2, 0.25) is 10.0 Å². The summed E-state index contributed by atoms with van der Waals surface area (Å²) in [4.78, 5) is 11.1. The van der Waals surface area contributed by atoms with Gasteiger partial charge in [0.1, 0.15) is 0 Å². The van der Waals surface area contributed by atoms with Crippen molar-refractivity contribution in [1.82, 2.24) is 4.31 Å². The molecule has 1 aromatic rings. The molecule has 1 fully saturated rings. The first-order valence-electron chi connectivity index (χ1n) is 6.66. The molecule has 0 spiro atoms. The summed E-state index contributed by atoms with van der Waals surface area (Å²) in [7, 11) is -3.60. The number of carbonyl (C=O) groups is 1. The lowest BCUT2D eigenvalue weighted by atomic mass is 10.0. The van der Waals surface area contributed by atoms with Gasteiger partial charge in [0.15, 0.2) is 0 Å². The summed E-state index contributed by atoms with van der Waals surface area (Å²) < 4.78 is 26.7. The third kappa shape index (κ3) is 2.86. The Hall–Kier alpha value is -1.40. The number of aromatic carboxylic acids is 1. The van der Waals surface area contributed by atoms with E-state index in [1.54, 1.807) is 13.0 Å². The zero-order valence-corrected chi connectivity index (χ0v) is 12.5. The van der Waals surface area contributed by atoms with Crippen molar-refractivity contribution in [2.45, 2.75) is 31.6 Å². The van der Waals surface area contributed by atoms with Gasteiger partial charge in [-0.15, -0.1) is 0 Å². The molecule has 5 nitrogen and oxygen atoms in total. The SMILES string of the molecule is Cc1ccc(C(=O)O)cc1S(=O)(=O)N1CCC(C)CC1. The lowest BCUT2D eigenvalue weighted by Gasteiger charge is -2.29. The van der Waals surface area contributed by atoms with E-state index in [2.05, 4.69) is 6.92 Å². The van der Waals surface area contributed by atoms with E-state index < -0.39 is 16.0 Å². The van der Waals surface area contributed by atoms with Crippen LogP contribution in [0.15, 0.2) is 23.1 Å². The highest BCUT2D eigenvalue weighted by Gasteiger charge is 2.29. The minimum absolute atomic E-state index is 0.000414. The Morgan fingerprint density at radius 1 is 1.30 bits per heavy atom. The van der Waals surface area contributed by atoms with Crippen molar-refractivity contribution in [1.29, 1.82) is 0 Å². The molecule has 0 atom stereocenters. The largest absolute Gasteiger partial charge is 0.478 e. The van der Waals surface area contributed by atoms with E-state index in [0.29, 0.717) is 24.6 Å². The smallest absolute Gasteiger partial charge is 0.335 e. The molecule has 110 valence electrons. The maximum Gasteiger partial charge on any atom is 0.335 e. The minimum atomic E-state index is -3.60. The molecule has 2 rings (SSSR count). The van der Waals surface area contributed by atoms with Crippen LogP contribution in [0.1, 0.15) is 35.7 Å². The lowest BCUT2D eigenvalue weighted by Crippen LogP contribution is -2.38. The zero-order valence-electron chi connectivity index (χ0n) is 11.7. The van der Waals surface area contributed by atoms with Gasteiger partial charge in [0.05, 0.1) is 10.5 Å². The Morgan fingerprint density at radius 2 is 1.90 bits per heavy atom. The van der Waals surface area contributed by atoms with Gasteiger partial charge >= 0.3 is 5.97 Å². The fourth-order valence-electron chi connectivity index (χ4n) is 2.38. The Balaban J connectivity index is 2.38. The highest BCUT2D eigenvalue weighted by Crippen LogP contribution is 2.26. The predicted molar refractivity (Wildman–Crippen MR) is 75.3 cm³/mol. The van der Waals surface area contributed by atoms with Crippen LogP contribution in [0.2, 0.25) is 0 Å². The molecule has 20 heavy (non-hydrogen) atoms. The molecule has 6 heteroatoms. The van der Waals surface area contributed by atoms with Crippen LogP contribution < -0.4 is 0 Å². The molecule has 1 aliphatic heterocycles. The van der Waals surface area contributed by atoms with Crippen molar-refractivity contribution in [3.8, 4) is 0 Å². The average molecular weight is 297 g/mol. The number of rotatable bonds is 3. The lowest BCUT2D eigenvalue weighted by molar-refractivity contribution is 0.0696. The van der Waals surface area contributed by atoms with Crippen molar-refractivity contribution in [3.63, 3.8) is 0 Å². The van der Waals surface area contributed by atoms with Crippen LogP contribution in [0.4, 0.5) is 0 Å². The van der Waals surface area contributed by atoms with E-state index in [0.717, 1.165) is 12.8 Å². The average Bonchev–Trinajstić information content (AvgIpc) is 2.39. The first kappa shape index (κ1) is 15.0. The summed E-state index contributed by atoms with van der Waals surface area (Å²) in [5.74, 6) is -0.582. The topological polar surface area (TPSA) is 74.7 Å². The predicted octanol–water partition coefficient (Wildman–Crippen LogP) is 2.11. The van der Waals surface area contributed by atoms with Crippen LogP contribution in [0.3, 0.4) is 0 Å². The maximum absolute atomic E-state index is 12.6. The second-order valence-electron chi connectivity index (χ2n) is 5.37. The number of carboxylic acids is 1. The van der Waals surface area contributed by atoms with Gasteiger partial charge in [-0.05, 0) is 43.4 Å². The van der Waals surface area contributed by atoms with Crippen molar-refractivity contribution in [3.05, 3.63) is 29.3 Å². The Kier molecular flexibility index (Phi) is 4.15. The van der Waals surface area contributed by atoms with Gasteiger partial charge in [-0.25, -0.2) is 13.2 Å². The van der Waals surface area contributed by atoms with Crippen molar-refractivity contribution >= 4 is 16.0 Å². The Labute approximate surface area is 119 Å². The monoisotopic (exact) mass is 297 g/mol. The molecule has 0 radical (unpaired) electrons. The molecule has 0 unspecified atom stereocenters. The molecule has 1 N–H and O–H groups in total. The molecule has 1 aliphatic rings. The van der Waals surface area contributed by atoms with Crippen molar-refractivity contribution in [2.75, 3.05) is 13.1 Å². The van der Waals surface area contributed by atoms with Gasteiger partial charge in [0.25, 0.3) is 0 Å². The molecule has 0 aliphatic carbocycles. The number of hydrogen-bond acceptors (Lipinski definition) is 3. The molecular weight excluding hydrogens is 278 g/mol. The Bertz CT molecular complexity index is 616. The number of carboxylic acid groups (broad SMARTS) is 1. The van der Waals surface area contributed by atoms with E-state index in [9.17, 15) is 13.2 Å². The number of hydrogen-bond donors (Lipinski definition) is 1. The van der Waals surface area contributed by atoms with Crippen LogP contribution in [0.5, 0.6) is 0 Å². The Morgan fingerprint density at radius 3 is 2.45 bits per heavy atom. The summed E-state index contributed by atoms with van der Waals surface area (Å²) in [5, 5.41) is 9.00. The number of aryl methyl sites for hydroxylation is 1. The van der Waals surface area contributed by atoms with E-state index in [4.69, 9.17) is 5.11 Å². The molecule has 0 amide bonds. The molecular formula is C14H19NO4S. The van der Waals surface area contributed by atoms with Crippen LogP contribution in [0.25, 0.3) is 0 Å². The van der Waals surface area contributed by atoms with Gasteiger partial charge in [-0.1, -0.05) is 13.0 Å². The van der Waals surface area contributed by atoms with Crippen molar-refractivity contribution < 1.29 is 18.3 Å². The summed E-state index contributed by atoms with van der Waals surface area (Å²) in [6, 6.07) is 4.23. The normalized spacial score (nSPS) is 18.1. The number of sulfonamides is 1. The second kappa shape index (κ2) is 5.54. The standard InChI is InChI=1S/C14H19NO4S/c1-10-5-7-15(8-6-10)20(18,19)13-9-12(14(16)17)4-3-11(13)2/h3-4,9-10H,5-8H2,1-2H3,(H,16,17). The molecule has 1 saturated heterocycles. The van der Waals surface area contributed by atoms with Gasteiger partial charge in [0, 0.05) is 13.1 Å². The van der Waals surface area contributed by atoms with E-state index in [-0.39, 0.29) is 10.5 Å².